The summed E-state index contributed by atoms with van der Waals surface area (Å²) in [7, 11) is 0. The Morgan fingerprint density at radius 1 is 1.00 bits per heavy atom. The molecule has 0 aromatic carbocycles. The van der Waals surface area contributed by atoms with Crippen LogP contribution in [0.5, 0.6) is 0 Å². The zero-order chi connectivity index (χ0) is 0. The molecule has 10 valence electrons. The third-order valence-electron chi connectivity index (χ3n) is 0. The maximum atomic E-state index is 0. The van der Waals surface area contributed by atoms with Crippen molar-refractivity contribution in [1.82, 2.24) is 0 Å². The molecule has 0 N–H and O–H groups in total. The van der Waals surface area contributed by atoms with Gasteiger partial charge in [0.1, 0.15) is 0 Å². The van der Waals surface area contributed by atoms with Crippen LogP contribution in [0.1, 0.15) is 0 Å². The van der Waals surface area contributed by atoms with E-state index in [0.29, 0.717) is 0 Å². The van der Waals surface area contributed by atoms with Gasteiger partial charge in [0.05, 0.1) is 0 Å². The Bertz CT molecular complexity index is 8.00. The van der Waals surface area contributed by atoms with Crippen LogP contribution in [0.25, 0.3) is 0 Å². The predicted octanol–water partition coefficient (Wildman–Crippen LogP) is -0.388. The molecule has 0 nitrogen and oxygen atoms in total. The molecule has 0 bridgehead atoms. The summed E-state index contributed by atoms with van der Waals surface area (Å²) in [6, 6.07) is 0. The van der Waals surface area contributed by atoms with Gasteiger partial charge in [-0.1, -0.05) is 0 Å². The van der Waals surface area contributed by atoms with Crippen LogP contribution in [0.3, 0.4) is 0 Å². The molecule has 0 amide bonds. The fourth-order valence-corrected chi connectivity index (χ4v) is 0. The topological polar surface area (TPSA) is 0 Å². The smallest absolute Gasteiger partial charge is 2.00 e. The van der Waals surface area contributed by atoms with E-state index in [4.69, 9.17) is 0 Å². The molecule has 0 saturated carbocycles. The molecule has 4 heavy (non-hydrogen) atoms. The van der Waals surface area contributed by atoms with Gasteiger partial charge in [-0.25, -0.2) is 0 Å². The summed E-state index contributed by atoms with van der Waals surface area (Å²) in [6.45, 7) is 0. The van der Waals surface area contributed by atoms with E-state index in [1.54, 1.807) is 0 Å². The van der Waals surface area contributed by atoms with Gasteiger partial charge in [-0.15, -0.1) is 0 Å². The van der Waals surface area contributed by atoms with Crippen LogP contribution in [0, 0.1) is 0 Å². The average molecular weight is 419 g/mol. The first-order valence-corrected chi connectivity index (χ1v) is 0. The second kappa shape index (κ2) is 17.1. The van der Waals surface area contributed by atoms with Crippen LogP contribution in [0.4, 0.5) is 0 Å². The summed E-state index contributed by atoms with van der Waals surface area (Å²) in [4.78, 5) is 0. The Labute approximate surface area is 85.0 Å². The van der Waals surface area contributed by atoms with E-state index in [2.05, 4.69) is 0 Å². The Hall–Kier alpha value is 2.78. The molecule has 0 aromatic heterocycles. The molecule has 0 aliphatic heterocycles. The fraction of sp³-hybridized carbons (Fsp3) is 0. The Morgan fingerprint density at radius 3 is 1.00 bits per heavy atom. The first-order chi connectivity index (χ1) is 0. The molecule has 0 unspecified atom stereocenters. The summed E-state index contributed by atoms with van der Waals surface area (Å²) in [6.07, 6.45) is 0. The summed E-state index contributed by atoms with van der Waals surface area (Å²) in [5, 5.41) is 0. The Kier molecular flexibility index (Phi) is 125. The van der Waals surface area contributed by atoms with E-state index in [-0.39, 0.29) is 86.5 Å². The van der Waals surface area contributed by atoms with Crippen LogP contribution in [-0.2, 0) is 60.3 Å². The maximum absolute atomic E-state index is 0. The quantitative estimate of drug-likeness (QED) is 0.470. The monoisotopic (exact) mass is 419 g/mol. The van der Waals surface area contributed by atoms with Gasteiger partial charge in [0.15, 0.2) is 0 Å². The first kappa shape index (κ1) is 29.3. The minimum atomic E-state index is 0. The van der Waals surface area contributed by atoms with Crippen molar-refractivity contribution in [3.05, 3.63) is 0 Å². The first-order valence-electron chi connectivity index (χ1n) is 0. The van der Waals surface area contributed by atoms with Gasteiger partial charge < -0.3 is 13.5 Å². The molecule has 0 atom stereocenters. The van der Waals surface area contributed by atoms with Crippen molar-refractivity contribution >= 4 is 39.7 Å². The van der Waals surface area contributed by atoms with Crippen molar-refractivity contribution in [3.63, 3.8) is 0 Å². The van der Waals surface area contributed by atoms with Gasteiger partial charge in [0.25, 0.3) is 0 Å². The van der Waals surface area contributed by atoms with Gasteiger partial charge >= 0.3 is 73.0 Å². The van der Waals surface area contributed by atoms with Crippen LogP contribution >= 0.6 is 0 Å². The van der Waals surface area contributed by atoms with Gasteiger partial charge in [-0.3, -0.25) is 0 Å². The van der Waals surface area contributed by atoms with E-state index in [1.165, 1.54) is 0 Å². The van der Waals surface area contributed by atoms with Crippen LogP contribution < -0.4 is 0 Å². The predicted molar refractivity (Wildman–Crippen MR) is 13.1 cm³/mol. The van der Waals surface area contributed by atoms with Gasteiger partial charge in [-0.2, -0.15) is 0 Å². The van der Waals surface area contributed by atoms with Crippen LogP contribution in [-0.4, -0.2) is 26.2 Å². The summed E-state index contributed by atoms with van der Waals surface area (Å²) in [5.41, 5.74) is 0. The summed E-state index contributed by atoms with van der Waals surface area (Å²) < 4.78 is 0. The van der Waals surface area contributed by atoms with Crippen molar-refractivity contribution in [3.8, 4) is 0 Å². The zero-order valence-corrected chi connectivity index (χ0v) is 13.6. The zero-order valence-electron chi connectivity index (χ0n) is 2.27. The van der Waals surface area contributed by atoms with E-state index >= 15 is 0 Å². The second-order valence-electron chi connectivity index (χ2n) is 0. The molecule has 0 fully saturated rings. The van der Waals surface area contributed by atoms with Crippen LogP contribution in [0.2, 0.25) is 0 Å². The SMILES string of the molecule is [Bi+3].[Cd+2].[S-2].[Zn+2]. The third-order valence-corrected chi connectivity index (χ3v) is 0. The molecule has 4 heteroatoms. The van der Waals surface area contributed by atoms with E-state index < -0.39 is 0 Å². The van der Waals surface area contributed by atoms with E-state index in [9.17, 15) is 0 Å². The molecule has 0 spiro atoms. The number of rotatable bonds is 0. The summed E-state index contributed by atoms with van der Waals surface area (Å²) in [5.74, 6) is 0. The second-order valence-corrected chi connectivity index (χ2v) is 0. The van der Waals surface area contributed by atoms with Crippen molar-refractivity contribution in [2.24, 2.45) is 0 Å². The molecule has 0 rings (SSSR count). The van der Waals surface area contributed by atoms with Gasteiger partial charge in [0.2, 0.25) is 0 Å². The average Bonchev–Trinajstić information content (AvgIpc) is 0. The molecule has 2 radical (unpaired) electrons. The Morgan fingerprint density at radius 2 is 1.00 bits per heavy atom. The largest absolute Gasteiger partial charge is 3.00 e. The van der Waals surface area contributed by atoms with E-state index in [1.807, 2.05) is 0 Å². The van der Waals surface area contributed by atoms with Crippen molar-refractivity contribution in [2.75, 3.05) is 0 Å². The molecular formula is BiCdSZn+5. The van der Waals surface area contributed by atoms with Gasteiger partial charge in [-0.05, 0) is 0 Å². The molecule has 0 saturated heterocycles. The number of hydrogen-bond donors (Lipinski definition) is 0. The standard InChI is InChI=1S/Bi.Cd.S.Zn/q+3;+2;-2;+2. The van der Waals surface area contributed by atoms with Crippen LogP contribution in [0.15, 0.2) is 0 Å². The van der Waals surface area contributed by atoms with E-state index in [0.717, 1.165) is 0 Å². The molecule has 0 aliphatic rings. The maximum Gasteiger partial charge on any atom is 3.00 e. The Balaban J connectivity index is 0. The molecule has 0 heterocycles. The third kappa shape index (κ3) is 8.84. The number of hydrogen-bond acceptors (Lipinski definition) is 0. The fourth-order valence-electron chi connectivity index (χ4n) is 0. The molecular weight excluding hydrogens is 419 g/mol. The van der Waals surface area contributed by atoms with Gasteiger partial charge in [0, 0.05) is 0 Å². The minimum Gasteiger partial charge on any atom is -2.00 e. The normalized spacial score (nSPS) is 0. The van der Waals surface area contributed by atoms with Crippen molar-refractivity contribution < 1.29 is 46.8 Å². The van der Waals surface area contributed by atoms with Crippen molar-refractivity contribution in [1.29, 1.82) is 0 Å². The summed E-state index contributed by atoms with van der Waals surface area (Å²) >= 11 is 0. The molecule has 0 aromatic rings. The minimum absolute atomic E-state index is 0. The van der Waals surface area contributed by atoms with Crippen molar-refractivity contribution in [2.45, 2.75) is 0 Å². The molecule has 0 aliphatic carbocycles.